The van der Waals surface area contributed by atoms with E-state index in [0.717, 1.165) is 12.2 Å². The van der Waals surface area contributed by atoms with Gasteiger partial charge in [0.2, 0.25) is 0 Å². The Balaban J connectivity index is 2.52. The van der Waals surface area contributed by atoms with Gasteiger partial charge in [0.05, 0.1) is 5.69 Å². The van der Waals surface area contributed by atoms with Crippen LogP contribution in [0.4, 0.5) is 0 Å². The maximum absolute atomic E-state index is 11.5. The standard InChI is InChI=1S/C11H11BrN2O2/c1-3-7-4-5-8(16-7)10-13-6(2)9(12)11(15)14-10/h4-5H,3H2,1-2H3,(H,13,14,15). The van der Waals surface area contributed by atoms with Crippen molar-refractivity contribution in [1.29, 1.82) is 0 Å². The van der Waals surface area contributed by atoms with Crippen LogP contribution in [0.3, 0.4) is 0 Å². The number of aryl methyl sites for hydroxylation is 2. The van der Waals surface area contributed by atoms with Crippen LogP contribution >= 0.6 is 15.9 Å². The molecule has 0 atom stereocenters. The van der Waals surface area contributed by atoms with Crippen molar-refractivity contribution in [3.63, 3.8) is 0 Å². The molecule has 0 amide bonds. The average molecular weight is 283 g/mol. The first kappa shape index (κ1) is 11.1. The van der Waals surface area contributed by atoms with E-state index < -0.39 is 0 Å². The number of hydrogen-bond donors (Lipinski definition) is 1. The smallest absolute Gasteiger partial charge is 0.265 e. The summed E-state index contributed by atoms with van der Waals surface area (Å²) in [6.45, 7) is 3.78. The molecule has 0 aliphatic carbocycles. The first-order valence-electron chi connectivity index (χ1n) is 4.97. The minimum Gasteiger partial charge on any atom is -0.458 e. The normalized spacial score (nSPS) is 10.7. The predicted octanol–water partition coefficient (Wildman–Crippen LogP) is 2.66. The third-order valence-electron chi connectivity index (χ3n) is 2.27. The predicted molar refractivity (Wildman–Crippen MR) is 64.4 cm³/mol. The van der Waals surface area contributed by atoms with Crippen LogP contribution in [-0.4, -0.2) is 9.97 Å². The monoisotopic (exact) mass is 282 g/mol. The minimum absolute atomic E-state index is 0.197. The fourth-order valence-electron chi connectivity index (χ4n) is 1.38. The number of aromatic amines is 1. The van der Waals surface area contributed by atoms with E-state index in [0.29, 0.717) is 21.8 Å². The summed E-state index contributed by atoms with van der Waals surface area (Å²) in [5, 5.41) is 0. The summed E-state index contributed by atoms with van der Waals surface area (Å²) in [4.78, 5) is 18.4. The summed E-state index contributed by atoms with van der Waals surface area (Å²) in [5.41, 5.74) is 0.449. The Kier molecular flexibility index (Phi) is 2.96. The van der Waals surface area contributed by atoms with Crippen molar-refractivity contribution >= 4 is 15.9 Å². The molecule has 0 aliphatic rings. The lowest BCUT2D eigenvalue weighted by molar-refractivity contribution is 0.525. The number of nitrogens with zero attached hydrogens (tertiary/aromatic N) is 1. The van der Waals surface area contributed by atoms with Crippen molar-refractivity contribution in [3.05, 3.63) is 38.4 Å². The zero-order valence-electron chi connectivity index (χ0n) is 9.00. The van der Waals surface area contributed by atoms with Gasteiger partial charge in [0.1, 0.15) is 10.2 Å². The van der Waals surface area contributed by atoms with Crippen molar-refractivity contribution in [2.24, 2.45) is 0 Å². The second kappa shape index (κ2) is 4.25. The highest BCUT2D eigenvalue weighted by Gasteiger charge is 2.10. The van der Waals surface area contributed by atoms with Gasteiger partial charge < -0.3 is 9.40 Å². The molecule has 1 N–H and O–H groups in total. The average Bonchev–Trinajstić information content (AvgIpc) is 2.73. The highest BCUT2D eigenvalue weighted by atomic mass is 79.9. The summed E-state index contributed by atoms with van der Waals surface area (Å²) in [6, 6.07) is 3.69. The van der Waals surface area contributed by atoms with Gasteiger partial charge in [-0.05, 0) is 35.0 Å². The van der Waals surface area contributed by atoms with Gasteiger partial charge >= 0.3 is 0 Å². The van der Waals surface area contributed by atoms with Crippen LogP contribution in [0.2, 0.25) is 0 Å². The topological polar surface area (TPSA) is 58.9 Å². The van der Waals surface area contributed by atoms with E-state index in [-0.39, 0.29) is 5.56 Å². The molecule has 5 heteroatoms. The molecule has 0 aliphatic heterocycles. The lowest BCUT2D eigenvalue weighted by Gasteiger charge is -2.00. The minimum atomic E-state index is -0.197. The van der Waals surface area contributed by atoms with Crippen molar-refractivity contribution in [2.75, 3.05) is 0 Å². The number of furan rings is 1. The van der Waals surface area contributed by atoms with Crippen LogP contribution in [0.1, 0.15) is 18.4 Å². The van der Waals surface area contributed by atoms with Crippen molar-refractivity contribution in [3.8, 4) is 11.6 Å². The zero-order chi connectivity index (χ0) is 11.7. The molecule has 0 aromatic carbocycles. The lowest BCUT2D eigenvalue weighted by atomic mass is 10.3. The number of rotatable bonds is 2. The van der Waals surface area contributed by atoms with Gasteiger partial charge in [-0.25, -0.2) is 4.98 Å². The maximum atomic E-state index is 11.5. The number of H-pyrrole nitrogens is 1. The Hall–Kier alpha value is -1.36. The quantitative estimate of drug-likeness (QED) is 0.921. The Morgan fingerprint density at radius 2 is 2.25 bits per heavy atom. The first-order chi connectivity index (χ1) is 7.61. The molecule has 2 heterocycles. The van der Waals surface area contributed by atoms with E-state index in [1.165, 1.54) is 0 Å². The molecule has 16 heavy (non-hydrogen) atoms. The van der Waals surface area contributed by atoms with Gasteiger partial charge in [0, 0.05) is 6.42 Å². The molecule has 0 spiro atoms. The molecule has 2 rings (SSSR count). The third kappa shape index (κ3) is 1.95. The second-order valence-electron chi connectivity index (χ2n) is 3.43. The fraction of sp³-hybridized carbons (Fsp3) is 0.273. The van der Waals surface area contributed by atoms with Gasteiger partial charge in [0.15, 0.2) is 11.6 Å². The molecule has 0 fully saturated rings. The molecular weight excluding hydrogens is 272 g/mol. The molecule has 84 valence electrons. The Bertz CT molecular complexity index is 572. The Morgan fingerprint density at radius 3 is 2.81 bits per heavy atom. The molecule has 2 aromatic heterocycles. The molecule has 0 saturated carbocycles. The summed E-state index contributed by atoms with van der Waals surface area (Å²) in [6.07, 6.45) is 0.819. The van der Waals surface area contributed by atoms with Crippen LogP contribution in [0.15, 0.2) is 25.8 Å². The van der Waals surface area contributed by atoms with Crippen LogP contribution in [0.25, 0.3) is 11.6 Å². The fourth-order valence-corrected chi connectivity index (χ4v) is 1.57. The summed E-state index contributed by atoms with van der Waals surface area (Å²) < 4.78 is 5.98. The third-order valence-corrected chi connectivity index (χ3v) is 3.21. The first-order valence-corrected chi connectivity index (χ1v) is 5.76. The maximum Gasteiger partial charge on any atom is 0.265 e. The second-order valence-corrected chi connectivity index (χ2v) is 4.23. The van der Waals surface area contributed by atoms with E-state index in [2.05, 4.69) is 25.9 Å². The van der Waals surface area contributed by atoms with Gasteiger partial charge in [0.25, 0.3) is 5.56 Å². The number of aromatic nitrogens is 2. The highest BCUT2D eigenvalue weighted by Crippen LogP contribution is 2.19. The van der Waals surface area contributed by atoms with E-state index in [1.807, 2.05) is 19.1 Å². The van der Waals surface area contributed by atoms with Crippen molar-refractivity contribution in [1.82, 2.24) is 9.97 Å². The molecule has 0 unspecified atom stereocenters. The lowest BCUT2D eigenvalue weighted by Crippen LogP contribution is -2.11. The van der Waals surface area contributed by atoms with Crippen LogP contribution in [0.5, 0.6) is 0 Å². The van der Waals surface area contributed by atoms with Crippen molar-refractivity contribution in [2.45, 2.75) is 20.3 Å². The van der Waals surface area contributed by atoms with E-state index >= 15 is 0 Å². The molecular formula is C11H11BrN2O2. The van der Waals surface area contributed by atoms with Crippen LogP contribution in [-0.2, 0) is 6.42 Å². The van der Waals surface area contributed by atoms with Gasteiger partial charge in [-0.15, -0.1) is 0 Å². The highest BCUT2D eigenvalue weighted by molar-refractivity contribution is 9.10. The van der Waals surface area contributed by atoms with Gasteiger partial charge in [-0.1, -0.05) is 6.92 Å². The van der Waals surface area contributed by atoms with E-state index in [1.54, 1.807) is 6.92 Å². The van der Waals surface area contributed by atoms with Crippen molar-refractivity contribution < 1.29 is 4.42 Å². The number of nitrogens with one attached hydrogen (secondary N) is 1. The SMILES string of the molecule is CCc1ccc(-c2nc(C)c(Br)c(=O)[nH]2)o1. The molecule has 2 aromatic rings. The number of hydrogen-bond acceptors (Lipinski definition) is 3. The summed E-state index contributed by atoms with van der Waals surface area (Å²) in [5.74, 6) is 1.92. The van der Waals surface area contributed by atoms with Crippen LogP contribution in [0, 0.1) is 6.92 Å². The largest absolute Gasteiger partial charge is 0.458 e. The van der Waals surface area contributed by atoms with E-state index in [4.69, 9.17) is 4.42 Å². The molecule has 4 nitrogen and oxygen atoms in total. The van der Waals surface area contributed by atoms with Gasteiger partial charge in [-0.2, -0.15) is 0 Å². The zero-order valence-corrected chi connectivity index (χ0v) is 10.6. The Morgan fingerprint density at radius 1 is 1.50 bits per heavy atom. The Labute approximate surface area is 101 Å². The van der Waals surface area contributed by atoms with Crippen LogP contribution < -0.4 is 5.56 Å². The van der Waals surface area contributed by atoms with E-state index in [9.17, 15) is 4.79 Å². The molecule has 0 bridgehead atoms. The summed E-state index contributed by atoms with van der Waals surface area (Å²) in [7, 11) is 0. The molecule has 0 radical (unpaired) electrons. The number of halogens is 1. The molecule has 0 saturated heterocycles. The van der Waals surface area contributed by atoms with Gasteiger partial charge in [-0.3, -0.25) is 4.79 Å². The summed E-state index contributed by atoms with van der Waals surface area (Å²) >= 11 is 3.17.